The first-order valence-corrected chi connectivity index (χ1v) is 5.19. The van der Waals surface area contributed by atoms with Crippen LogP contribution >= 0.6 is 11.3 Å². The highest BCUT2D eigenvalue weighted by Gasteiger charge is 2.07. The Bertz CT molecular complexity index is 388. The Kier molecular flexibility index (Phi) is 2.49. The summed E-state index contributed by atoms with van der Waals surface area (Å²) in [6, 6.07) is 0. The number of aryl methyl sites for hydroxylation is 2. The van der Waals surface area contributed by atoms with Crippen LogP contribution < -0.4 is 5.32 Å². The molecule has 0 fully saturated rings. The van der Waals surface area contributed by atoms with Crippen molar-refractivity contribution in [3.63, 3.8) is 0 Å². The number of hydrogen-bond donors (Lipinski definition) is 1. The fraction of sp³-hybridized carbons (Fsp3) is 0.333. The van der Waals surface area contributed by atoms with Gasteiger partial charge in [-0.25, -0.2) is 0 Å². The van der Waals surface area contributed by atoms with Crippen LogP contribution in [0.1, 0.15) is 16.3 Å². The Labute approximate surface area is 86.0 Å². The second kappa shape index (κ2) is 3.79. The third-order valence-electron chi connectivity index (χ3n) is 1.96. The third kappa shape index (κ3) is 1.77. The summed E-state index contributed by atoms with van der Waals surface area (Å²) in [7, 11) is 0. The van der Waals surface area contributed by atoms with E-state index in [-0.39, 0.29) is 0 Å². The molecule has 0 spiro atoms. The minimum absolute atomic E-state index is 0.771. The van der Waals surface area contributed by atoms with Gasteiger partial charge in [-0.15, -0.1) is 11.3 Å². The first kappa shape index (κ1) is 9.21. The number of thiazole rings is 1. The van der Waals surface area contributed by atoms with Crippen LogP contribution in [0.25, 0.3) is 0 Å². The number of rotatable bonds is 3. The van der Waals surface area contributed by atoms with Crippen LogP contribution in [0.5, 0.6) is 0 Å². The highest BCUT2D eigenvalue weighted by Crippen LogP contribution is 2.19. The molecule has 4 nitrogen and oxygen atoms in total. The molecule has 0 bridgehead atoms. The van der Waals surface area contributed by atoms with Gasteiger partial charge in [0.1, 0.15) is 11.4 Å². The van der Waals surface area contributed by atoms with Gasteiger partial charge in [-0.05, 0) is 13.8 Å². The highest BCUT2D eigenvalue weighted by molar-refractivity contribution is 7.09. The van der Waals surface area contributed by atoms with Crippen molar-refractivity contribution in [2.75, 3.05) is 5.32 Å². The predicted molar refractivity (Wildman–Crippen MR) is 55.4 cm³/mol. The normalized spacial score (nSPS) is 10.4. The molecular weight excluding hydrogens is 198 g/mol. The number of aromatic nitrogens is 2. The topological polar surface area (TPSA) is 51.0 Å². The van der Waals surface area contributed by atoms with Crippen LogP contribution in [0, 0.1) is 13.8 Å². The quantitative estimate of drug-likeness (QED) is 0.843. The maximum Gasteiger partial charge on any atom is 0.157 e. The summed E-state index contributed by atoms with van der Waals surface area (Å²) in [4.78, 5) is 5.21. The zero-order chi connectivity index (χ0) is 9.97. The van der Waals surface area contributed by atoms with Gasteiger partial charge < -0.3 is 9.84 Å². The smallest absolute Gasteiger partial charge is 0.157 e. The van der Waals surface area contributed by atoms with E-state index >= 15 is 0 Å². The van der Waals surface area contributed by atoms with E-state index in [1.807, 2.05) is 25.6 Å². The lowest BCUT2D eigenvalue weighted by molar-refractivity contribution is 0.393. The van der Waals surface area contributed by atoms with Crippen LogP contribution in [0.15, 0.2) is 16.2 Å². The van der Waals surface area contributed by atoms with Crippen LogP contribution in [-0.4, -0.2) is 10.1 Å². The number of hydrogen-bond acceptors (Lipinski definition) is 5. The molecule has 5 heteroatoms. The maximum atomic E-state index is 5.04. The average Bonchev–Trinajstić information content (AvgIpc) is 2.76. The van der Waals surface area contributed by atoms with Gasteiger partial charge in [-0.3, -0.25) is 4.98 Å². The molecule has 0 aliphatic heterocycles. The summed E-state index contributed by atoms with van der Waals surface area (Å²) in [5.74, 6) is 0.826. The fourth-order valence-corrected chi connectivity index (χ4v) is 1.77. The lowest BCUT2D eigenvalue weighted by atomic mass is 10.3. The van der Waals surface area contributed by atoms with Crippen molar-refractivity contribution in [3.05, 3.63) is 28.0 Å². The van der Waals surface area contributed by atoms with Gasteiger partial charge in [0, 0.05) is 11.1 Å². The molecule has 0 aliphatic rings. The van der Waals surface area contributed by atoms with Crippen molar-refractivity contribution >= 4 is 17.0 Å². The molecule has 2 heterocycles. The molecule has 0 saturated heterocycles. The van der Waals surface area contributed by atoms with Gasteiger partial charge in [0.15, 0.2) is 5.76 Å². The molecule has 0 radical (unpaired) electrons. The first-order valence-electron chi connectivity index (χ1n) is 4.31. The monoisotopic (exact) mass is 209 g/mol. The summed E-state index contributed by atoms with van der Waals surface area (Å²) < 4.78 is 5.04. The minimum Gasteiger partial charge on any atom is -0.376 e. The Morgan fingerprint density at radius 3 is 2.93 bits per heavy atom. The minimum atomic E-state index is 0.771. The molecule has 2 aromatic rings. The number of nitrogens with one attached hydrogen (secondary N) is 1. The number of nitrogens with zero attached hydrogens (tertiary/aromatic N) is 2. The SMILES string of the molecule is Cc1noc(C)c1NCc1cncs1. The van der Waals surface area contributed by atoms with Crippen LogP contribution in [0.4, 0.5) is 5.69 Å². The molecule has 0 aliphatic carbocycles. The summed E-state index contributed by atoms with van der Waals surface area (Å²) in [6.07, 6.45) is 1.86. The Hall–Kier alpha value is -1.36. The van der Waals surface area contributed by atoms with E-state index in [1.165, 1.54) is 4.88 Å². The molecule has 2 rings (SSSR count). The van der Waals surface area contributed by atoms with E-state index in [0.717, 1.165) is 23.7 Å². The van der Waals surface area contributed by atoms with Crippen LogP contribution in [0.2, 0.25) is 0 Å². The zero-order valence-electron chi connectivity index (χ0n) is 8.07. The van der Waals surface area contributed by atoms with E-state index < -0.39 is 0 Å². The van der Waals surface area contributed by atoms with E-state index in [2.05, 4.69) is 15.5 Å². The zero-order valence-corrected chi connectivity index (χ0v) is 8.89. The van der Waals surface area contributed by atoms with Crippen molar-refractivity contribution in [2.45, 2.75) is 20.4 Å². The second-order valence-electron chi connectivity index (χ2n) is 3.02. The molecule has 14 heavy (non-hydrogen) atoms. The van der Waals surface area contributed by atoms with Gasteiger partial charge in [-0.2, -0.15) is 0 Å². The van der Waals surface area contributed by atoms with Crippen molar-refractivity contribution in [1.29, 1.82) is 0 Å². The summed E-state index contributed by atoms with van der Waals surface area (Å²) >= 11 is 1.63. The molecule has 2 aromatic heterocycles. The standard InChI is InChI=1S/C9H11N3OS/c1-6-9(7(2)13-12-6)11-4-8-3-10-5-14-8/h3,5,11H,4H2,1-2H3. The van der Waals surface area contributed by atoms with Crippen molar-refractivity contribution < 1.29 is 4.52 Å². The molecular formula is C9H11N3OS. The Morgan fingerprint density at radius 1 is 1.50 bits per heavy atom. The van der Waals surface area contributed by atoms with Gasteiger partial charge in [-0.1, -0.05) is 5.16 Å². The van der Waals surface area contributed by atoms with Crippen molar-refractivity contribution in [1.82, 2.24) is 10.1 Å². The second-order valence-corrected chi connectivity index (χ2v) is 3.99. The Morgan fingerprint density at radius 2 is 2.36 bits per heavy atom. The van der Waals surface area contributed by atoms with E-state index in [4.69, 9.17) is 4.52 Å². The number of anilines is 1. The van der Waals surface area contributed by atoms with Crippen molar-refractivity contribution in [3.8, 4) is 0 Å². The van der Waals surface area contributed by atoms with Crippen LogP contribution in [-0.2, 0) is 6.54 Å². The summed E-state index contributed by atoms with van der Waals surface area (Å²) in [5, 5.41) is 7.14. The first-order chi connectivity index (χ1) is 6.77. The highest BCUT2D eigenvalue weighted by atomic mass is 32.1. The van der Waals surface area contributed by atoms with Gasteiger partial charge in [0.25, 0.3) is 0 Å². The molecule has 1 N–H and O–H groups in total. The van der Waals surface area contributed by atoms with Gasteiger partial charge in [0.05, 0.1) is 12.1 Å². The fourth-order valence-electron chi connectivity index (χ4n) is 1.24. The van der Waals surface area contributed by atoms with Gasteiger partial charge >= 0.3 is 0 Å². The molecule has 74 valence electrons. The largest absolute Gasteiger partial charge is 0.376 e. The Balaban J connectivity index is 2.05. The lowest BCUT2D eigenvalue weighted by Crippen LogP contribution is -1.99. The van der Waals surface area contributed by atoms with E-state index in [9.17, 15) is 0 Å². The summed E-state index contributed by atoms with van der Waals surface area (Å²) in [5.41, 5.74) is 3.70. The van der Waals surface area contributed by atoms with Gasteiger partial charge in [0.2, 0.25) is 0 Å². The molecule has 0 aromatic carbocycles. The average molecular weight is 209 g/mol. The molecule has 0 amide bonds. The summed E-state index contributed by atoms with van der Waals surface area (Å²) in [6.45, 7) is 4.59. The molecule has 0 unspecified atom stereocenters. The molecule has 0 saturated carbocycles. The lowest BCUT2D eigenvalue weighted by Gasteiger charge is -2.01. The predicted octanol–water partition coefficient (Wildman–Crippen LogP) is 2.36. The third-order valence-corrected chi connectivity index (χ3v) is 2.74. The maximum absolute atomic E-state index is 5.04. The van der Waals surface area contributed by atoms with Crippen LogP contribution in [0.3, 0.4) is 0 Å². The van der Waals surface area contributed by atoms with E-state index in [0.29, 0.717) is 0 Å². The van der Waals surface area contributed by atoms with Crippen molar-refractivity contribution in [2.24, 2.45) is 0 Å². The van der Waals surface area contributed by atoms with E-state index in [1.54, 1.807) is 11.3 Å². The molecule has 0 atom stereocenters.